The number of benzene rings is 1. The molecule has 1 saturated heterocycles. The number of anilines is 2. The van der Waals surface area contributed by atoms with Crippen LogP contribution in [0.1, 0.15) is 35.3 Å². The van der Waals surface area contributed by atoms with Gasteiger partial charge in [-0.25, -0.2) is 0 Å². The van der Waals surface area contributed by atoms with E-state index in [0.29, 0.717) is 11.5 Å². The first-order valence-corrected chi connectivity index (χ1v) is 8.59. The van der Waals surface area contributed by atoms with E-state index in [9.17, 15) is 4.79 Å². The Labute approximate surface area is 144 Å². The summed E-state index contributed by atoms with van der Waals surface area (Å²) in [7, 11) is 0. The van der Waals surface area contributed by atoms with Crippen LogP contribution < -0.4 is 5.32 Å². The first-order valence-electron chi connectivity index (χ1n) is 7.80. The number of piperidine rings is 1. The van der Waals surface area contributed by atoms with E-state index in [2.05, 4.69) is 31.4 Å². The molecular formula is C17H19BrN4O. The van der Waals surface area contributed by atoms with E-state index in [1.165, 1.54) is 6.42 Å². The molecule has 0 radical (unpaired) electrons. The average molecular weight is 375 g/mol. The molecule has 0 unspecified atom stereocenters. The molecule has 0 saturated carbocycles. The first kappa shape index (κ1) is 15.9. The molecule has 3 rings (SSSR count). The lowest BCUT2D eigenvalue weighted by molar-refractivity contribution is 0.0717. The number of rotatable bonds is 3. The monoisotopic (exact) mass is 374 g/mol. The second-order valence-electron chi connectivity index (χ2n) is 5.74. The number of aromatic nitrogens is 2. The standard InChI is InChI=1S/C17H19BrN4O/c1-12-11-13(18)5-6-14(12)19-16-8-7-15(20-21-16)17(23)22-9-3-2-4-10-22/h5-8,11H,2-4,9-10H2,1H3,(H,19,21). The van der Waals surface area contributed by atoms with Crippen molar-refractivity contribution >= 4 is 33.3 Å². The number of nitrogens with one attached hydrogen (secondary N) is 1. The van der Waals surface area contributed by atoms with Crippen LogP contribution in [-0.4, -0.2) is 34.1 Å². The highest BCUT2D eigenvalue weighted by Gasteiger charge is 2.19. The molecule has 1 aliphatic rings. The summed E-state index contributed by atoms with van der Waals surface area (Å²) in [6.45, 7) is 3.66. The van der Waals surface area contributed by atoms with Gasteiger partial charge in [0.1, 0.15) is 0 Å². The summed E-state index contributed by atoms with van der Waals surface area (Å²) in [4.78, 5) is 14.2. The van der Waals surface area contributed by atoms with Crippen LogP contribution in [0, 0.1) is 6.92 Å². The number of nitrogens with zero attached hydrogens (tertiary/aromatic N) is 3. The molecule has 0 aliphatic carbocycles. The largest absolute Gasteiger partial charge is 0.339 e. The molecular weight excluding hydrogens is 356 g/mol. The van der Waals surface area contributed by atoms with Gasteiger partial charge in [-0.3, -0.25) is 4.79 Å². The fourth-order valence-electron chi connectivity index (χ4n) is 2.68. The zero-order valence-electron chi connectivity index (χ0n) is 13.1. The van der Waals surface area contributed by atoms with E-state index in [1.54, 1.807) is 12.1 Å². The number of hydrogen-bond donors (Lipinski definition) is 1. The molecule has 1 fully saturated rings. The smallest absolute Gasteiger partial charge is 0.274 e. The molecule has 23 heavy (non-hydrogen) atoms. The third-order valence-corrected chi connectivity index (χ3v) is 4.47. The predicted octanol–water partition coefficient (Wildman–Crippen LogP) is 3.92. The Hall–Kier alpha value is -1.95. The summed E-state index contributed by atoms with van der Waals surface area (Å²) < 4.78 is 1.04. The minimum atomic E-state index is -0.0245. The van der Waals surface area contributed by atoms with E-state index in [1.807, 2.05) is 30.0 Å². The van der Waals surface area contributed by atoms with Crippen LogP contribution in [0.15, 0.2) is 34.8 Å². The van der Waals surface area contributed by atoms with Gasteiger partial charge < -0.3 is 10.2 Å². The van der Waals surface area contributed by atoms with Gasteiger partial charge in [-0.2, -0.15) is 0 Å². The number of aryl methyl sites for hydroxylation is 1. The number of likely N-dealkylation sites (tertiary alicyclic amines) is 1. The molecule has 6 heteroatoms. The van der Waals surface area contributed by atoms with Crippen LogP contribution >= 0.6 is 15.9 Å². The topological polar surface area (TPSA) is 58.1 Å². The average Bonchev–Trinajstić information content (AvgIpc) is 2.58. The quantitative estimate of drug-likeness (QED) is 0.884. The summed E-state index contributed by atoms with van der Waals surface area (Å²) >= 11 is 3.45. The summed E-state index contributed by atoms with van der Waals surface area (Å²) in [6.07, 6.45) is 3.34. The molecule has 1 aliphatic heterocycles. The predicted molar refractivity (Wildman–Crippen MR) is 93.9 cm³/mol. The van der Waals surface area contributed by atoms with E-state index in [-0.39, 0.29) is 5.91 Å². The maximum atomic E-state index is 12.4. The molecule has 2 heterocycles. The lowest BCUT2D eigenvalue weighted by Crippen LogP contribution is -2.36. The summed E-state index contributed by atoms with van der Waals surface area (Å²) in [5, 5.41) is 11.4. The van der Waals surface area contributed by atoms with Gasteiger partial charge in [0.05, 0.1) is 0 Å². The van der Waals surface area contributed by atoms with Gasteiger partial charge in [0.15, 0.2) is 11.5 Å². The minimum absolute atomic E-state index is 0.0245. The Morgan fingerprint density at radius 1 is 1.13 bits per heavy atom. The highest BCUT2D eigenvalue weighted by atomic mass is 79.9. The zero-order valence-corrected chi connectivity index (χ0v) is 14.6. The van der Waals surface area contributed by atoms with Crippen molar-refractivity contribution in [2.45, 2.75) is 26.2 Å². The third-order valence-electron chi connectivity index (χ3n) is 3.98. The van der Waals surface area contributed by atoms with Gasteiger partial charge in [-0.05, 0) is 62.1 Å². The van der Waals surface area contributed by atoms with Crippen molar-refractivity contribution in [2.75, 3.05) is 18.4 Å². The Bertz CT molecular complexity index is 696. The fourth-order valence-corrected chi connectivity index (χ4v) is 3.15. The van der Waals surface area contributed by atoms with E-state index in [4.69, 9.17) is 0 Å². The van der Waals surface area contributed by atoms with Crippen molar-refractivity contribution in [2.24, 2.45) is 0 Å². The molecule has 0 bridgehead atoms. The van der Waals surface area contributed by atoms with Gasteiger partial charge in [0.2, 0.25) is 0 Å². The molecule has 0 spiro atoms. The van der Waals surface area contributed by atoms with Gasteiger partial charge in [0, 0.05) is 23.2 Å². The van der Waals surface area contributed by atoms with E-state index < -0.39 is 0 Å². The highest BCUT2D eigenvalue weighted by Crippen LogP contribution is 2.22. The zero-order chi connectivity index (χ0) is 16.2. The molecule has 5 nitrogen and oxygen atoms in total. The van der Waals surface area contributed by atoms with Crippen LogP contribution in [0.4, 0.5) is 11.5 Å². The maximum Gasteiger partial charge on any atom is 0.274 e. The lowest BCUT2D eigenvalue weighted by atomic mass is 10.1. The lowest BCUT2D eigenvalue weighted by Gasteiger charge is -2.26. The molecule has 1 amide bonds. The molecule has 1 aromatic heterocycles. The highest BCUT2D eigenvalue weighted by molar-refractivity contribution is 9.10. The van der Waals surface area contributed by atoms with Gasteiger partial charge in [-0.1, -0.05) is 15.9 Å². The SMILES string of the molecule is Cc1cc(Br)ccc1Nc1ccc(C(=O)N2CCCCC2)nn1. The number of carbonyl (C=O) groups is 1. The van der Waals surface area contributed by atoms with Crippen molar-refractivity contribution in [3.63, 3.8) is 0 Å². The second-order valence-corrected chi connectivity index (χ2v) is 6.66. The number of hydrogen-bond acceptors (Lipinski definition) is 4. The molecule has 120 valence electrons. The molecule has 1 aromatic carbocycles. The second kappa shape index (κ2) is 7.08. The summed E-state index contributed by atoms with van der Waals surface area (Å²) in [5.41, 5.74) is 2.48. The van der Waals surface area contributed by atoms with Crippen molar-refractivity contribution in [3.05, 3.63) is 46.1 Å². The molecule has 1 N–H and O–H groups in total. The van der Waals surface area contributed by atoms with Gasteiger partial charge in [0.25, 0.3) is 5.91 Å². The summed E-state index contributed by atoms with van der Waals surface area (Å²) in [6, 6.07) is 9.51. The van der Waals surface area contributed by atoms with Crippen molar-refractivity contribution < 1.29 is 4.79 Å². The first-order chi connectivity index (χ1) is 11.1. The van der Waals surface area contributed by atoms with Crippen molar-refractivity contribution in [3.8, 4) is 0 Å². The van der Waals surface area contributed by atoms with Gasteiger partial charge in [-0.15, -0.1) is 10.2 Å². The minimum Gasteiger partial charge on any atom is -0.339 e. The van der Waals surface area contributed by atoms with Crippen LogP contribution in [0.25, 0.3) is 0 Å². The van der Waals surface area contributed by atoms with Crippen LogP contribution in [0.5, 0.6) is 0 Å². The molecule has 0 atom stereocenters. The fraction of sp³-hybridized carbons (Fsp3) is 0.353. The maximum absolute atomic E-state index is 12.4. The Morgan fingerprint density at radius 2 is 1.91 bits per heavy atom. The van der Waals surface area contributed by atoms with Gasteiger partial charge >= 0.3 is 0 Å². The molecule has 2 aromatic rings. The number of carbonyl (C=O) groups excluding carboxylic acids is 1. The van der Waals surface area contributed by atoms with Crippen molar-refractivity contribution in [1.82, 2.24) is 15.1 Å². The van der Waals surface area contributed by atoms with Crippen LogP contribution in [0.2, 0.25) is 0 Å². The Balaban J connectivity index is 1.70. The van der Waals surface area contributed by atoms with Crippen molar-refractivity contribution in [1.29, 1.82) is 0 Å². The van der Waals surface area contributed by atoms with E-state index in [0.717, 1.165) is 41.7 Å². The number of amides is 1. The Kier molecular flexibility index (Phi) is 4.91. The summed E-state index contributed by atoms with van der Waals surface area (Å²) in [5.74, 6) is 0.606. The third kappa shape index (κ3) is 3.88. The van der Waals surface area contributed by atoms with E-state index >= 15 is 0 Å². The van der Waals surface area contributed by atoms with Crippen LogP contribution in [-0.2, 0) is 0 Å². The Morgan fingerprint density at radius 3 is 2.57 bits per heavy atom. The number of halogens is 1. The van der Waals surface area contributed by atoms with Crippen LogP contribution in [0.3, 0.4) is 0 Å². The normalized spacial score (nSPS) is 14.6.